The molecule has 0 bridgehead atoms. The van der Waals surface area contributed by atoms with Crippen molar-refractivity contribution in [2.24, 2.45) is 0 Å². The van der Waals surface area contributed by atoms with E-state index in [1.807, 2.05) is 6.92 Å². The van der Waals surface area contributed by atoms with Crippen LogP contribution in [-0.4, -0.2) is 17.1 Å². The van der Waals surface area contributed by atoms with Gasteiger partial charge in [-0.3, -0.25) is 4.79 Å². The summed E-state index contributed by atoms with van der Waals surface area (Å²) in [4.78, 5) is 10.4. The predicted octanol–water partition coefficient (Wildman–Crippen LogP) is 2.40. The molecule has 0 aliphatic heterocycles. The van der Waals surface area contributed by atoms with Gasteiger partial charge in [0.25, 0.3) is 0 Å². The van der Waals surface area contributed by atoms with E-state index in [-0.39, 0.29) is 12.5 Å². The SMILES string of the molecule is Cc1cscc1CNC(C)CCC(=O)O. The van der Waals surface area contributed by atoms with Crippen LogP contribution in [0, 0.1) is 6.92 Å². The third-order valence-electron chi connectivity index (χ3n) is 2.39. The standard InChI is InChI=1S/C11H17NO2S/c1-8-6-15-7-10(8)5-12-9(2)3-4-11(13)14/h6-7,9,12H,3-5H2,1-2H3,(H,13,14). The molecule has 3 nitrogen and oxygen atoms in total. The molecule has 0 radical (unpaired) electrons. The quantitative estimate of drug-likeness (QED) is 0.784. The Morgan fingerprint density at radius 3 is 2.87 bits per heavy atom. The Morgan fingerprint density at radius 1 is 1.60 bits per heavy atom. The summed E-state index contributed by atoms with van der Waals surface area (Å²) in [7, 11) is 0. The number of carbonyl (C=O) groups is 1. The van der Waals surface area contributed by atoms with Crippen LogP contribution in [-0.2, 0) is 11.3 Å². The van der Waals surface area contributed by atoms with Gasteiger partial charge in [-0.1, -0.05) is 0 Å². The molecule has 0 aliphatic carbocycles. The Morgan fingerprint density at radius 2 is 2.33 bits per heavy atom. The van der Waals surface area contributed by atoms with Gasteiger partial charge >= 0.3 is 5.97 Å². The highest BCUT2D eigenvalue weighted by atomic mass is 32.1. The van der Waals surface area contributed by atoms with E-state index in [4.69, 9.17) is 5.11 Å². The summed E-state index contributed by atoms with van der Waals surface area (Å²) in [5.74, 6) is -0.727. The zero-order chi connectivity index (χ0) is 11.3. The molecule has 0 saturated carbocycles. The second-order valence-corrected chi connectivity index (χ2v) is 4.54. The van der Waals surface area contributed by atoms with Gasteiger partial charge in [-0.2, -0.15) is 11.3 Å². The van der Waals surface area contributed by atoms with E-state index in [2.05, 4.69) is 23.0 Å². The first-order valence-electron chi connectivity index (χ1n) is 5.06. The molecule has 1 unspecified atom stereocenters. The van der Waals surface area contributed by atoms with Crippen LogP contribution in [0.2, 0.25) is 0 Å². The highest BCUT2D eigenvalue weighted by Crippen LogP contribution is 2.13. The van der Waals surface area contributed by atoms with E-state index in [1.165, 1.54) is 11.1 Å². The summed E-state index contributed by atoms with van der Waals surface area (Å²) < 4.78 is 0. The summed E-state index contributed by atoms with van der Waals surface area (Å²) in [6, 6.07) is 0.250. The van der Waals surface area contributed by atoms with Crippen molar-refractivity contribution in [3.63, 3.8) is 0 Å². The number of hydrogen-bond acceptors (Lipinski definition) is 3. The lowest BCUT2D eigenvalue weighted by atomic mass is 10.1. The Balaban J connectivity index is 2.25. The topological polar surface area (TPSA) is 49.3 Å². The van der Waals surface area contributed by atoms with E-state index in [1.54, 1.807) is 11.3 Å². The maximum Gasteiger partial charge on any atom is 0.303 e. The lowest BCUT2D eigenvalue weighted by Crippen LogP contribution is -2.26. The Labute approximate surface area is 94.1 Å². The first kappa shape index (κ1) is 12.2. The lowest BCUT2D eigenvalue weighted by molar-refractivity contribution is -0.137. The maximum atomic E-state index is 10.4. The summed E-state index contributed by atoms with van der Waals surface area (Å²) in [5.41, 5.74) is 2.61. The molecule has 0 saturated heterocycles. The molecule has 0 amide bonds. The van der Waals surface area contributed by atoms with Gasteiger partial charge in [0.05, 0.1) is 0 Å². The number of carboxylic acids is 1. The van der Waals surface area contributed by atoms with Crippen molar-refractivity contribution in [3.05, 3.63) is 21.9 Å². The Bertz CT molecular complexity index is 322. The van der Waals surface area contributed by atoms with Gasteiger partial charge in [0.2, 0.25) is 0 Å². The first-order chi connectivity index (χ1) is 7.09. The molecular weight excluding hydrogens is 210 g/mol. The highest BCUT2D eigenvalue weighted by molar-refractivity contribution is 7.08. The molecule has 1 atom stereocenters. The number of carboxylic acid groups (broad SMARTS) is 1. The fourth-order valence-electron chi connectivity index (χ4n) is 1.29. The minimum absolute atomic E-state index is 0.233. The summed E-state index contributed by atoms with van der Waals surface area (Å²) >= 11 is 1.70. The van der Waals surface area contributed by atoms with Crippen molar-refractivity contribution < 1.29 is 9.90 Å². The van der Waals surface area contributed by atoms with Crippen molar-refractivity contribution >= 4 is 17.3 Å². The van der Waals surface area contributed by atoms with E-state index in [9.17, 15) is 4.79 Å². The highest BCUT2D eigenvalue weighted by Gasteiger charge is 2.06. The molecule has 1 heterocycles. The van der Waals surface area contributed by atoms with E-state index in [0.29, 0.717) is 6.42 Å². The van der Waals surface area contributed by atoms with Gasteiger partial charge in [0.1, 0.15) is 0 Å². The summed E-state index contributed by atoms with van der Waals surface area (Å²) in [5, 5.41) is 16.1. The second-order valence-electron chi connectivity index (χ2n) is 3.79. The molecule has 0 aliphatic rings. The molecule has 0 aromatic carbocycles. The van der Waals surface area contributed by atoms with Crippen molar-refractivity contribution in [2.75, 3.05) is 0 Å². The Hall–Kier alpha value is -0.870. The zero-order valence-electron chi connectivity index (χ0n) is 9.12. The van der Waals surface area contributed by atoms with E-state index in [0.717, 1.165) is 6.54 Å². The van der Waals surface area contributed by atoms with Crippen LogP contribution in [0.15, 0.2) is 10.8 Å². The van der Waals surface area contributed by atoms with Crippen LogP contribution in [0.5, 0.6) is 0 Å². The van der Waals surface area contributed by atoms with Gasteiger partial charge in [-0.15, -0.1) is 0 Å². The van der Waals surface area contributed by atoms with Gasteiger partial charge in [-0.25, -0.2) is 0 Å². The fraction of sp³-hybridized carbons (Fsp3) is 0.545. The predicted molar refractivity (Wildman–Crippen MR) is 62.2 cm³/mol. The molecule has 84 valence electrons. The normalized spacial score (nSPS) is 12.7. The van der Waals surface area contributed by atoms with E-state index >= 15 is 0 Å². The van der Waals surface area contributed by atoms with Crippen LogP contribution in [0.4, 0.5) is 0 Å². The third-order valence-corrected chi connectivity index (χ3v) is 3.30. The number of aliphatic carboxylic acids is 1. The zero-order valence-corrected chi connectivity index (χ0v) is 9.93. The van der Waals surface area contributed by atoms with Crippen molar-refractivity contribution in [1.29, 1.82) is 0 Å². The maximum absolute atomic E-state index is 10.4. The number of hydrogen-bond donors (Lipinski definition) is 2. The summed E-state index contributed by atoms with van der Waals surface area (Å²) in [6.07, 6.45) is 0.912. The van der Waals surface area contributed by atoms with Gasteiger partial charge < -0.3 is 10.4 Å². The lowest BCUT2D eigenvalue weighted by Gasteiger charge is -2.12. The van der Waals surface area contributed by atoms with Crippen molar-refractivity contribution in [1.82, 2.24) is 5.32 Å². The van der Waals surface area contributed by atoms with E-state index < -0.39 is 5.97 Å². The average Bonchev–Trinajstić information content (AvgIpc) is 2.58. The summed E-state index contributed by atoms with van der Waals surface area (Å²) in [6.45, 7) is 4.94. The van der Waals surface area contributed by atoms with Crippen LogP contribution >= 0.6 is 11.3 Å². The van der Waals surface area contributed by atoms with Crippen molar-refractivity contribution in [2.45, 2.75) is 39.3 Å². The smallest absolute Gasteiger partial charge is 0.303 e. The molecule has 1 rings (SSSR count). The number of aryl methyl sites for hydroxylation is 1. The molecule has 2 N–H and O–H groups in total. The van der Waals surface area contributed by atoms with Gasteiger partial charge in [0.15, 0.2) is 0 Å². The molecule has 1 aromatic rings. The number of thiophene rings is 1. The number of nitrogens with one attached hydrogen (secondary N) is 1. The van der Waals surface area contributed by atoms with Crippen molar-refractivity contribution in [3.8, 4) is 0 Å². The molecule has 15 heavy (non-hydrogen) atoms. The third kappa shape index (κ3) is 4.44. The minimum atomic E-state index is -0.727. The monoisotopic (exact) mass is 227 g/mol. The van der Waals surface area contributed by atoms with Gasteiger partial charge in [0, 0.05) is 19.0 Å². The van der Waals surface area contributed by atoms with Gasteiger partial charge in [-0.05, 0) is 42.2 Å². The molecular formula is C11H17NO2S. The number of rotatable bonds is 6. The largest absolute Gasteiger partial charge is 0.481 e. The molecule has 0 spiro atoms. The van der Waals surface area contributed by atoms with Crippen LogP contribution < -0.4 is 5.32 Å². The van der Waals surface area contributed by atoms with Crippen LogP contribution in [0.1, 0.15) is 30.9 Å². The minimum Gasteiger partial charge on any atom is -0.481 e. The first-order valence-corrected chi connectivity index (χ1v) is 6.00. The second kappa shape index (κ2) is 5.88. The fourth-order valence-corrected chi connectivity index (χ4v) is 2.15. The molecule has 1 aromatic heterocycles. The van der Waals surface area contributed by atoms with Crippen LogP contribution in [0.25, 0.3) is 0 Å². The van der Waals surface area contributed by atoms with Crippen LogP contribution in [0.3, 0.4) is 0 Å². The average molecular weight is 227 g/mol. The molecule has 0 fully saturated rings. The Kier molecular flexibility index (Phi) is 4.78. The molecule has 4 heteroatoms.